The second kappa shape index (κ2) is 9.65. The molecule has 9 nitrogen and oxygen atoms in total. The zero-order valence-corrected chi connectivity index (χ0v) is 21.5. The van der Waals surface area contributed by atoms with Crippen molar-refractivity contribution in [1.29, 1.82) is 0 Å². The predicted octanol–water partition coefficient (Wildman–Crippen LogP) is 2.38. The van der Waals surface area contributed by atoms with Gasteiger partial charge < -0.3 is 33.5 Å². The van der Waals surface area contributed by atoms with Crippen LogP contribution in [0.15, 0.2) is 11.6 Å². The van der Waals surface area contributed by atoms with E-state index in [-0.39, 0.29) is 54.0 Å². The molecule has 6 atom stereocenters. The molecule has 5 aliphatic rings. The van der Waals surface area contributed by atoms with Crippen molar-refractivity contribution in [3.05, 3.63) is 11.6 Å². The molecule has 1 unspecified atom stereocenters. The number of carbonyl (C=O) groups excluding carboxylic acids is 2. The summed E-state index contributed by atoms with van der Waals surface area (Å²) in [5.41, 5.74) is 0.715. The molecule has 1 saturated carbocycles. The first kappa shape index (κ1) is 25.0. The number of hydrogen-bond donors (Lipinski definition) is 0. The summed E-state index contributed by atoms with van der Waals surface area (Å²) in [6.07, 6.45) is 4.83. The van der Waals surface area contributed by atoms with Crippen LogP contribution in [0.2, 0.25) is 0 Å². The Balaban J connectivity index is 1.14. The van der Waals surface area contributed by atoms with Crippen molar-refractivity contribution >= 4 is 12.0 Å². The number of likely N-dealkylation sites (tertiary alicyclic amines) is 1. The van der Waals surface area contributed by atoms with E-state index in [2.05, 4.69) is 26.8 Å². The zero-order chi connectivity index (χ0) is 24.8. The summed E-state index contributed by atoms with van der Waals surface area (Å²) in [6.45, 7) is 10.6. The molecule has 35 heavy (non-hydrogen) atoms. The molecular weight excluding hydrogens is 452 g/mol. The van der Waals surface area contributed by atoms with Crippen LogP contribution in [0.1, 0.15) is 46.5 Å². The lowest BCUT2D eigenvalue weighted by atomic mass is 9.68. The standard InChI is InChI=1S/C26H40N2O7/c1-17(2)5-6-20-25(3,35-20)23-22(31-4)19(7-9-26(23)16-33-26)34-24(30)28-13-18(14-28)8-10-27-11-12-32-15-21(27)29/h5,18-20,22-23H,6-16H2,1-4H3/t19-,20-,22-,23?,25+,26+/m1/s1. The number of ether oxygens (including phenoxy) is 5. The third-order valence-corrected chi connectivity index (χ3v) is 8.60. The summed E-state index contributed by atoms with van der Waals surface area (Å²) in [7, 11) is 1.70. The van der Waals surface area contributed by atoms with Crippen molar-refractivity contribution in [3.63, 3.8) is 0 Å². The molecule has 0 radical (unpaired) electrons. The quantitative estimate of drug-likeness (QED) is 0.379. The van der Waals surface area contributed by atoms with E-state index in [1.165, 1.54) is 5.57 Å². The van der Waals surface area contributed by atoms with Crippen molar-refractivity contribution in [1.82, 2.24) is 9.80 Å². The average Bonchev–Trinajstić information content (AvgIpc) is 3.71. The molecule has 5 rings (SSSR count). The highest BCUT2D eigenvalue weighted by molar-refractivity contribution is 5.78. The fourth-order valence-electron chi connectivity index (χ4n) is 6.30. The van der Waals surface area contributed by atoms with Gasteiger partial charge in [0.2, 0.25) is 5.91 Å². The molecule has 4 heterocycles. The van der Waals surface area contributed by atoms with Gasteiger partial charge in [0, 0.05) is 33.3 Å². The lowest BCUT2D eigenvalue weighted by molar-refractivity contribution is -0.143. The molecule has 4 saturated heterocycles. The molecule has 2 amide bonds. The molecule has 1 aliphatic carbocycles. The van der Waals surface area contributed by atoms with Gasteiger partial charge in [0.25, 0.3) is 0 Å². The van der Waals surface area contributed by atoms with Crippen LogP contribution >= 0.6 is 0 Å². The van der Waals surface area contributed by atoms with E-state index in [9.17, 15) is 9.59 Å². The monoisotopic (exact) mass is 492 g/mol. The highest BCUT2D eigenvalue weighted by Gasteiger charge is 2.72. The van der Waals surface area contributed by atoms with Gasteiger partial charge in [-0.2, -0.15) is 0 Å². The summed E-state index contributed by atoms with van der Waals surface area (Å²) in [5.74, 6) is 0.476. The first-order chi connectivity index (χ1) is 16.8. The Morgan fingerprint density at radius 2 is 2.06 bits per heavy atom. The topological polar surface area (TPSA) is 93.4 Å². The van der Waals surface area contributed by atoms with Crippen LogP contribution in [-0.4, -0.2) is 104 Å². The van der Waals surface area contributed by atoms with Gasteiger partial charge in [-0.25, -0.2) is 4.79 Å². The number of rotatable bonds is 8. The maximum absolute atomic E-state index is 12.9. The average molecular weight is 493 g/mol. The number of nitrogens with zero attached hydrogens (tertiary/aromatic N) is 2. The minimum atomic E-state index is -0.340. The van der Waals surface area contributed by atoms with E-state index >= 15 is 0 Å². The van der Waals surface area contributed by atoms with Crippen LogP contribution in [-0.2, 0) is 28.5 Å². The van der Waals surface area contributed by atoms with Gasteiger partial charge in [-0.15, -0.1) is 0 Å². The Labute approximate surface area is 208 Å². The number of allylic oxidation sites excluding steroid dienone is 1. The maximum atomic E-state index is 12.9. The minimum absolute atomic E-state index is 0.0253. The maximum Gasteiger partial charge on any atom is 0.410 e. The second-order valence-electron chi connectivity index (χ2n) is 11.3. The molecule has 0 N–H and O–H groups in total. The Morgan fingerprint density at radius 3 is 2.71 bits per heavy atom. The Bertz CT molecular complexity index is 849. The van der Waals surface area contributed by atoms with E-state index in [0.717, 1.165) is 32.2 Å². The molecule has 5 fully saturated rings. The number of amides is 2. The van der Waals surface area contributed by atoms with E-state index in [4.69, 9.17) is 23.7 Å². The highest BCUT2D eigenvalue weighted by atomic mass is 16.6. The van der Waals surface area contributed by atoms with Gasteiger partial charge in [-0.3, -0.25) is 4.79 Å². The van der Waals surface area contributed by atoms with Crippen LogP contribution in [0.3, 0.4) is 0 Å². The summed E-state index contributed by atoms with van der Waals surface area (Å²) >= 11 is 0. The summed E-state index contributed by atoms with van der Waals surface area (Å²) in [5, 5.41) is 0. The van der Waals surface area contributed by atoms with Crippen molar-refractivity contribution < 1.29 is 33.3 Å². The Kier molecular flexibility index (Phi) is 6.89. The largest absolute Gasteiger partial charge is 0.443 e. The van der Waals surface area contributed by atoms with Crippen molar-refractivity contribution in [3.8, 4) is 0 Å². The first-order valence-electron chi connectivity index (χ1n) is 13.0. The Hall–Kier alpha value is -1.68. The number of methoxy groups -OCH3 is 1. The highest BCUT2D eigenvalue weighted by Crippen LogP contribution is 2.59. The molecule has 0 aromatic heterocycles. The van der Waals surface area contributed by atoms with Crippen molar-refractivity contribution in [2.45, 2.75) is 76.0 Å². The molecule has 0 bridgehead atoms. The van der Waals surface area contributed by atoms with Crippen LogP contribution in [0.25, 0.3) is 0 Å². The number of morpholine rings is 1. The molecule has 196 valence electrons. The Morgan fingerprint density at radius 1 is 1.29 bits per heavy atom. The summed E-state index contributed by atoms with van der Waals surface area (Å²) in [4.78, 5) is 28.5. The van der Waals surface area contributed by atoms with Crippen LogP contribution in [0.5, 0.6) is 0 Å². The first-order valence-corrected chi connectivity index (χ1v) is 13.0. The van der Waals surface area contributed by atoms with Crippen LogP contribution in [0.4, 0.5) is 4.79 Å². The van der Waals surface area contributed by atoms with E-state index in [1.54, 1.807) is 12.0 Å². The number of epoxide rings is 2. The van der Waals surface area contributed by atoms with Gasteiger partial charge in [0.1, 0.15) is 30.0 Å². The van der Waals surface area contributed by atoms with Gasteiger partial charge in [-0.1, -0.05) is 11.6 Å². The van der Waals surface area contributed by atoms with E-state index in [1.807, 2.05) is 4.90 Å². The van der Waals surface area contributed by atoms with Gasteiger partial charge in [0.05, 0.1) is 25.2 Å². The van der Waals surface area contributed by atoms with Crippen LogP contribution in [0, 0.1) is 11.8 Å². The van der Waals surface area contributed by atoms with Crippen molar-refractivity contribution in [2.24, 2.45) is 11.8 Å². The molecule has 0 aromatic carbocycles. The van der Waals surface area contributed by atoms with Gasteiger partial charge >= 0.3 is 6.09 Å². The summed E-state index contributed by atoms with van der Waals surface area (Å²) < 4.78 is 29.4. The van der Waals surface area contributed by atoms with Crippen LogP contribution < -0.4 is 0 Å². The second-order valence-corrected chi connectivity index (χ2v) is 11.3. The van der Waals surface area contributed by atoms with E-state index < -0.39 is 0 Å². The summed E-state index contributed by atoms with van der Waals surface area (Å²) in [6, 6.07) is 0. The third kappa shape index (κ3) is 4.97. The third-order valence-electron chi connectivity index (χ3n) is 8.60. The van der Waals surface area contributed by atoms with Crippen molar-refractivity contribution in [2.75, 3.05) is 53.1 Å². The smallest absolute Gasteiger partial charge is 0.410 e. The van der Waals surface area contributed by atoms with E-state index in [0.29, 0.717) is 38.8 Å². The fourth-order valence-corrected chi connectivity index (χ4v) is 6.30. The van der Waals surface area contributed by atoms with Gasteiger partial charge in [-0.05, 0) is 52.4 Å². The molecular formula is C26H40N2O7. The molecule has 4 aliphatic heterocycles. The lowest BCUT2D eigenvalue weighted by Crippen LogP contribution is -2.57. The fraction of sp³-hybridized carbons (Fsp3) is 0.846. The predicted molar refractivity (Wildman–Crippen MR) is 127 cm³/mol. The normalized spacial score (nSPS) is 38.8. The zero-order valence-electron chi connectivity index (χ0n) is 21.5. The van der Waals surface area contributed by atoms with Gasteiger partial charge in [0.15, 0.2) is 0 Å². The number of hydrogen-bond acceptors (Lipinski definition) is 7. The molecule has 1 spiro atoms. The minimum Gasteiger partial charge on any atom is -0.443 e. The lowest BCUT2D eigenvalue weighted by Gasteiger charge is -2.44. The number of carbonyl (C=O) groups is 2. The molecule has 9 heteroatoms. The SMILES string of the molecule is CO[C@H]1C([C@@]2(C)O[C@@H]2CC=C(C)C)[C@]2(CC[C@H]1OC(=O)N1CC(CCN3CCOCC3=O)C1)CO2. The molecule has 0 aromatic rings.